The molecule has 1 saturated carbocycles. The molecule has 1 heterocycles. The zero-order chi connectivity index (χ0) is 17.1. The van der Waals surface area contributed by atoms with Gasteiger partial charge < -0.3 is 0 Å². The fraction of sp³-hybridized carbons (Fsp3) is 0.500. The van der Waals surface area contributed by atoms with Gasteiger partial charge in [0.25, 0.3) is 0 Å². The highest BCUT2D eigenvalue weighted by Crippen LogP contribution is 2.34. The predicted octanol–water partition coefficient (Wildman–Crippen LogP) is 5.18. The maximum atomic E-state index is 12.8. The standard InChI is InChI=1S/C18H22ClN3OS/c1-12(2)11-16(23)22(15-5-3-4-6-15)18-21-20-17(24-18)13-7-9-14(19)10-8-13/h7-10,12,15H,3-6,11H2,1-2H3. The molecule has 1 aliphatic rings. The molecule has 6 heteroatoms. The van der Waals surface area contributed by atoms with E-state index in [1.165, 1.54) is 24.2 Å². The second-order valence-electron chi connectivity index (χ2n) is 6.70. The Morgan fingerprint density at radius 2 is 1.92 bits per heavy atom. The molecule has 1 amide bonds. The topological polar surface area (TPSA) is 46.1 Å². The van der Waals surface area contributed by atoms with Crippen molar-refractivity contribution in [2.24, 2.45) is 5.92 Å². The number of hydrogen-bond donors (Lipinski definition) is 0. The molecule has 0 spiro atoms. The quantitative estimate of drug-likeness (QED) is 0.735. The highest BCUT2D eigenvalue weighted by atomic mass is 35.5. The van der Waals surface area contributed by atoms with Gasteiger partial charge in [0.15, 0.2) is 0 Å². The number of carbonyl (C=O) groups is 1. The Morgan fingerprint density at radius 1 is 1.25 bits per heavy atom. The van der Waals surface area contributed by atoms with Crippen LogP contribution in [0.5, 0.6) is 0 Å². The number of aromatic nitrogens is 2. The SMILES string of the molecule is CC(C)CC(=O)N(c1nnc(-c2ccc(Cl)cc2)s1)C1CCCC1. The van der Waals surface area contributed by atoms with E-state index in [0.717, 1.165) is 28.5 Å². The first-order chi connectivity index (χ1) is 11.5. The normalized spacial score (nSPS) is 15.2. The van der Waals surface area contributed by atoms with Crippen molar-refractivity contribution in [1.82, 2.24) is 10.2 Å². The fourth-order valence-corrected chi connectivity index (χ4v) is 4.16. The molecule has 0 aliphatic heterocycles. The van der Waals surface area contributed by atoms with Crippen molar-refractivity contribution in [2.75, 3.05) is 4.90 Å². The van der Waals surface area contributed by atoms with Gasteiger partial charge in [0.1, 0.15) is 5.01 Å². The molecule has 0 radical (unpaired) electrons. The zero-order valence-corrected chi connectivity index (χ0v) is 15.6. The van der Waals surface area contributed by atoms with Crippen LogP contribution in [0.1, 0.15) is 46.0 Å². The molecule has 128 valence electrons. The lowest BCUT2D eigenvalue weighted by Gasteiger charge is -2.26. The van der Waals surface area contributed by atoms with Crippen LogP contribution in [0.2, 0.25) is 5.02 Å². The van der Waals surface area contributed by atoms with Crippen LogP contribution in [0.3, 0.4) is 0 Å². The van der Waals surface area contributed by atoms with Gasteiger partial charge in [0.05, 0.1) is 0 Å². The number of benzene rings is 1. The van der Waals surface area contributed by atoms with Crippen molar-refractivity contribution >= 4 is 34.0 Å². The number of rotatable bonds is 5. The van der Waals surface area contributed by atoms with Gasteiger partial charge in [-0.2, -0.15) is 0 Å². The van der Waals surface area contributed by atoms with Crippen LogP contribution in [0, 0.1) is 5.92 Å². The van der Waals surface area contributed by atoms with Crippen molar-refractivity contribution < 1.29 is 4.79 Å². The molecule has 0 unspecified atom stereocenters. The van der Waals surface area contributed by atoms with Gasteiger partial charge in [0, 0.05) is 23.0 Å². The van der Waals surface area contributed by atoms with Gasteiger partial charge in [-0.1, -0.05) is 61.8 Å². The molecule has 1 aromatic carbocycles. The van der Waals surface area contributed by atoms with E-state index in [0.29, 0.717) is 17.4 Å². The first kappa shape index (κ1) is 17.4. The molecule has 1 fully saturated rings. The molecule has 24 heavy (non-hydrogen) atoms. The summed E-state index contributed by atoms with van der Waals surface area (Å²) in [4.78, 5) is 14.7. The third kappa shape index (κ3) is 3.95. The van der Waals surface area contributed by atoms with Crippen molar-refractivity contribution in [3.05, 3.63) is 29.3 Å². The third-order valence-electron chi connectivity index (χ3n) is 4.25. The van der Waals surface area contributed by atoms with Crippen molar-refractivity contribution in [3.8, 4) is 10.6 Å². The number of amides is 1. The summed E-state index contributed by atoms with van der Waals surface area (Å²) in [5.41, 5.74) is 0.978. The highest BCUT2D eigenvalue weighted by molar-refractivity contribution is 7.18. The third-order valence-corrected chi connectivity index (χ3v) is 5.48. The maximum absolute atomic E-state index is 12.8. The maximum Gasteiger partial charge on any atom is 0.229 e. The first-order valence-electron chi connectivity index (χ1n) is 8.46. The Morgan fingerprint density at radius 3 is 2.54 bits per heavy atom. The minimum Gasteiger partial charge on any atom is -0.284 e. The van der Waals surface area contributed by atoms with Crippen LogP contribution in [0.25, 0.3) is 10.6 Å². The van der Waals surface area contributed by atoms with E-state index in [1.807, 2.05) is 29.2 Å². The number of halogens is 1. The number of hydrogen-bond acceptors (Lipinski definition) is 4. The van der Waals surface area contributed by atoms with E-state index in [2.05, 4.69) is 24.0 Å². The summed E-state index contributed by atoms with van der Waals surface area (Å²) in [6, 6.07) is 7.82. The van der Waals surface area contributed by atoms with Crippen molar-refractivity contribution in [1.29, 1.82) is 0 Å². The van der Waals surface area contributed by atoms with Gasteiger partial charge in [-0.3, -0.25) is 9.69 Å². The lowest BCUT2D eigenvalue weighted by molar-refractivity contribution is -0.119. The summed E-state index contributed by atoms with van der Waals surface area (Å²) in [5, 5.41) is 10.9. The molecule has 0 saturated heterocycles. The lowest BCUT2D eigenvalue weighted by Crippen LogP contribution is -2.39. The fourth-order valence-electron chi connectivity index (χ4n) is 3.10. The minimum atomic E-state index is 0.163. The van der Waals surface area contributed by atoms with Crippen molar-refractivity contribution in [3.63, 3.8) is 0 Å². The molecule has 4 nitrogen and oxygen atoms in total. The summed E-state index contributed by atoms with van der Waals surface area (Å²) in [5.74, 6) is 0.501. The monoisotopic (exact) mass is 363 g/mol. The summed E-state index contributed by atoms with van der Waals surface area (Å²) in [7, 11) is 0. The van der Waals surface area contributed by atoms with Crippen LogP contribution in [0.15, 0.2) is 24.3 Å². The largest absolute Gasteiger partial charge is 0.284 e. The molecule has 0 bridgehead atoms. The summed E-state index contributed by atoms with van der Waals surface area (Å²) < 4.78 is 0. The minimum absolute atomic E-state index is 0.163. The molecule has 1 aromatic heterocycles. The van der Waals surface area contributed by atoms with Crippen molar-refractivity contribution in [2.45, 2.75) is 52.0 Å². The van der Waals surface area contributed by atoms with Crippen LogP contribution < -0.4 is 4.90 Å². The van der Waals surface area contributed by atoms with E-state index in [9.17, 15) is 4.79 Å². The number of anilines is 1. The van der Waals surface area contributed by atoms with E-state index in [1.54, 1.807) is 0 Å². The molecular weight excluding hydrogens is 342 g/mol. The Bertz CT molecular complexity index is 693. The number of carbonyl (C=O) groups excluding carboxylic acids is 1. The molecule has 0 atom stereocenters. The van der Waals surface area contributed by atoms with Crippen LogP contribution in [0.4, 0.5) is 5.13 Å². The predicted molar refractivity (Wildman–Crippen MR) is 99.6 cm³/mol. The summed E-state index contributed by atoms with van der Waals surface area (Å²) in [6.45, 7) is 4.15. The van der Waals surface area contributed by atoms with Gasteiger partial charge in [-0.15, -0.1) is 10.2 Å². The highest BCUT2D eigenvalue weighted by Gasteiger charge is 2.30. The second-order valence-corrected chi connectivity index (χ2v) is 8.09. The smallest absolute Gasteiger partial charge is 0.229 e. The Balaban J connectivity index is 1.87. The molecule has 1 aliphatic carbocycles. The van der Waals surface area contributed by atoms with Gasteiger partial charge >= 0.3 is 0 Å². The Kier molecular flexibility index (Phi) is 5.51. The van der Waals surface area contributed by atoms with Gasteiger partial charge in [-0.05, 0) is 30.9 Å². The van der Waals surface area contributed by atoms with Crippen LogP contribution in [-0.2, 0) is 4.79 Å². The molecular formula is C18H22ClN3OS. The first-order valence-corrected chi connectivity index (χ1v) is 9.65. The Labute approximate surface area is 151 Å². The summed E-state index contributed by atoms with van der Waals surface area (Å²) in [6.07, 6.45) is 5.02. The molecule has 0 N–H and O–H groups in total. The molecule has 2 aromatic rings. The van der Waals surface area contributed by atoms with Crippen LogP contribution in [-0.4, -0.2) is 22.1 Å². The Hall–Kier alpha value is -1.46. The van der Waals surface area contributed by atoms with Gasteiger partial charge in [-0.25, -0.2) is 0 Å². The number of nitrogens with zero attached hydrogens (tertiary/aromatic N) is 3. The lowest BCUT2D eigenvalue weighted by atomic mass is 10.1. The average molecular weight is 364 g/mol. The van der Waals surface area contributed by atoms with E-state index in [-0.39, 0.29) is 11.9 Å². The van der Waals surface area contributed by atoms with Gasteiger partial charge in [0.2, 0.25) is 11.0 Å². The second kappa shape index (κ2) is 7.62. The average Bonchev–Trinajstić information content (AvgIpc) is 3.20. The van der Waals surface area contributed by atoms with E-state index >= 15 is 0 Å². The van der Waals surface area contributed by atoms with E-state index in [4.69, 9.17) is 11.6 Å². The summed E-state index contributed by atoms with van der Waals surface area (Å²) >= 11 is 7.43. The zero-order valence-electron chi connectivity index (χ0n) is 14.0. The van der Waals surface area contributed by atoms with E-state index < -0.39 is 0 Å². The molecule has 3 rings (SSSR count). The van der Waals surface area contributed by atoms with Crippen LogP contribution >= 0.6 is 22.9 Å².